The summed E-state index contributed by atoms with van der Waals surface area (Å²) in [6, 6.07) is 8.52. The van der Waals surface area contributed by atoms with Gasteiger partial charge in [0.1, 0.15) is 53.2 Å². The highest BCUT2D eigenvalue weighted by Gasteiger charge is 2.68. The Morgan fingerprint density at radius 3 is 2.02 bits per heavy atom. The normalized spacial score (nSPS) is 31.2. The summed E-state index contributed by atoms with van der Waals surface area (Å²) in [4.78, 5) is 61.4. The standard InChI is InChI=1S/C23H21ClN4O7.C12H15N5O4.CH4/c1-12(29)32-17-18(33-13(2)30)23(9-8-15(23)34-22(31)14-6-4-3-5-7-14)35-21(17)28-11-27-16-19(24)25-10-26-20(16)28;13-9-6-10(15-3-14-9)17(4-16-6)11-7(19)8(20)12(21-11)2-1-5(12)18;/h3-7,10-11,15,17-18,21H,8-9H2,1-2H3;3-5,7-8,11,18-20H,1-2H2,(H2,13,14,15);1H4/t15-,17?,18+,21+,23-;5-,7?,8+,11+,12-;/m00./s1. The molecule has 2 aliphatic heterocycles. The summed E-state index contributed by atoms with van der Waals surface area (Å²) in [5, 5.41) is 30.5. The summed E-state index contributed by atoms with van der Waals surface area (Å²) in [6.07, 6.45) is -0.563. The van der Waals surface area contributed by atoms with Crippen molar-refractivity contribution in [2.24, 2.45) is 0 Å². The van der Waals surface area contributed by atoms with Gasteiger partial charge in [0.2, 0.25) is 0 Å². The molecule has 2 saturated carbocycles. The molecule has 2 spiro atoms. The Hall–Kier alpha value is -5.38. The largest absolute Gasteiger partial charge is 0.456 e. The number of hydrogen-bond donors (Lipinski definition) is 4. The molecule has 6 heterocycles. The zero-order valence-electron chi connectivity index (χ0n) is 29.8. The summed E-state index contributed by atoms with van der Waals surface area (Å²) >= 11 is 6.15. The van der Waals surface area contributed by atoms with Crippen molar-refractivity contribution in [2.75, 3.05) is 5.73 Å². The second-order valence-electron chi connectivity index (χ2n) is 13.9. The third-order valence-corrected chi connectivity index (χ3v) is 11.0. The Bertz CT molecular complexity index is 2310. The number of aliphatic hydroxyl groups excluding tert-OH is 3. The third kappa shape index (κ3) is 6.60. The minimum Gasteiger partial charge on any atom is -0.456 e. The average molecular weight is 810 g/mol. The van der Waals surface area contributed by atoms with Gasteiger partial charge in [-0.05, 0) is 37.8 Å². The predicted octanol–water partition coefficient (Wildman–Crippen LogP) is 1.82. The number of rotatable bonds is 6. The number of nitrogens with zero attached hydrogens (tertiary/aromatic N) is 8. The number of halogens is 1. The number of anilines is 1. The molecule has 2 unspecified atom stereocenters. The number of carbonyl (C=O) groups is 3. The Balaban J connectivity index is 0.000000192. The number of carbonyl (C=O) groups excluding carboxylic acids is 3. The fourth-order valence-corrected chi connectivity index (χ4v) is 7.91. The van der Waals surface area contributed by atoms with E-state index in [-0.39, 0.29) is 18.4 Å². The fourth-order valence-electron chi connectivity index (χ4n) is 7.73. The van der Waals surface area contributed by atoms with Crippen molar-refractivity contribution >= 4 is 57.7 Å². The van der Waals surface area contributed by atoms with Crippen LogP contribution in [0, 0.1) is 0 Å². The highest BCUT2D eigenvalue weighted by molar-refractivity contribution is 6.33. The Morgan fingerprint density at radius 1 is 0.807 bits per heavy atom. The molecule has 5 aromatic rings. The van der Waals surface area contributed by atoms with Gasteiger partial charge in [-0.15, -0.1) is 0 Å². The molecule has 20 nitrogen and oxygen atoms in total. The number of nitrogens with two attached hydrogens (primary N) is 1. The van der Waals surface area contributed by atoms with Gasteiger partial charge in [-0.2, -0.15) is 0 Å². The summed E-state index contributed by atoms with van der Waals surface area (Å²) < 4.78 is 32.3. The molecule has 5 N–H and O–H groups in total. The maximum atomic E-state index is 12.8. The molecule has 0 bridgehead atoms. The van der Waals surface area contributed by atoms with Crippen LogP contribution in [0.5, 0.6) is 0 Å². The molecular weight excluding hydrogens is 770 g/mol. The van der Waals surface area contributed by atoms with Gasteiger partial charge in [-0.25, -0.2) is 34.7 Å². The van der Waals surface area contributed by atoms with Gasteiger partial charge in [0.25, 0.3) is 0 Å². The molecule has 0 radical (unpaired) electrons. The van der Waals surface area contributed by atoms with Crippen molar-refractivity contribution in [3.05, 3.63) is 66.4 Å². The number of aromatic nitrogens is 8. The highest BCUT2D eigenvalue weighted by atomic mass is 35.5. The molecule has 9 rings (SSSR count). The van der Waals surface area contributed by atoms with E-state index < -0.39 is 78.2 Å². The Labute approximate surface area is 328 Å². The molecule has 2 saturated heterocycles. The maximum Gasteiger partial charge on any atom is 0.338 e. The van der Waals surface area contributed by atoms with E-state index in [1.807, 2.05) is 0 Å². The monoisotopic (exact) mass is 809 g/mol. The lowest BCUT2D eigenvalue weighted by Crippen LogP contribution is -2.62. The first kappa shape index (κ1) is 39.8. The molecule has 302 valence electrons. The Kier molecular flexibility index (Phi) is 10.6. The van der Waals surface area contributed by atoms with Gasteiger partial charge in [0.05, 0.1) is 24.3 Å². The van der Waals surface area contributed by atoms with Crippen molar-refractivity contribution < 1.29 is 53.4 Å². The molecular formula is C36H40ClN9O11. The van der Waals surface area contributed by atoms with E-state index in [1.165, 1.54) is 48.3 Å². The number of ether oxygens (including phenoxy) is 5. The average Bonchev–Trinajstić information content (AvgIpc) is 3.94. The number of benzene rings is 1. The first-order chi connectivity index (χ1) is 26.8. The summed E-state index contributed by atoms with van der Waals surface area (Å²) in [5.74, 6) is -1.52. The minimum atomic E-state index is -1.24. The zero-order chi connectivity index (χ0) is 39.5. The molecule has 4 aromatic heterocycles. The molecule has 4 fully saturated rings. The lowest BCUT2D eigenvalue weighted by Gasteiger charge is -2.47. The number of aliphatic hydroxyl groups is 3. The van der Waals surface area contributed by atoms with E-state index in [1.54, 1.807) is 30.3 Å². The van der Waals surface area contributed by atoms with Crippen molar-refractivity contribution in [2.45, 2.75) is 107 Å². The van der Waals surface area contributed by atoms with Crippen molar-refractivity contribution in [3.63, 3.8) is 0 Å². The van der Waals surface area contributed by atoms with Gasteiger partial charge in [0.15, 0.2) is 46.9 Å². The predicted molar refractivity (Wildman–Crippen MR) is 196 cm³/mol. The SMILES string of the molecule is C.CC(=O)OC1[C@H](n2cnc3c(Cl)ncnc32)O[C@]2(CC[C@@H]2OC(=O)c2ccccc2)[C@@H]1OC(C)=O.Nc1ncnc2c1ncn2[C@@H]1O[C@]2(CC[C@@H]2O)[C@H](O)C1O. The Morgan fingerprint density at radius 2 is 1.42 bits per heavy atom. The first-order valence-corrected chi connectivity index (χ1v) is 18.0. The van der Waals surface area contributed by atoms with Gasteiger partial charge in [0, 0.05) is 13.8 Å². The molecule has 57 heavy (non-hydrogen) atoms. The van der Waals surface area contributed by atoms with Crippen LogP contribution in [0.3, 0.4) is 0 Å². The smallest absolute Gasteiger partial charge is 0.338 e. The van der Waals surface area contributed by atoms with E-state index in [0.717, 1.165) is 0 Å². The number of esters is 3. The van der Waals surface area contributed by atoms with Crippen LogP contribution in [0.4, 0.5) is 5.82 Å². The van der Waals surface area contributed by atoms with Crippen LogP contribution >= 0.6 is 11.6 Å². The van der Waals surface area contributed by atoms with E-state index in [4.69, 9.17) is 41.0 Å². The van der Waals surface area contributed by atoms with Crippen LogP contribution < -0.4 is 5.73 Å². The summed E-state index contributed by atoms with van der Waals surface area (Å²) in [7, 11) is 0. The highest BCUT2D eigenvalue weighted by Crippen LogP contribution is 2.53. The van der Waals surface area contributed by atoms with E-state index in [2.05, 4.69) is 29.9 Å². The number of hydrogen-bond acceptors (Lipinski definition) is 18. The second kappa shape index (κ2) is 15.2. The lowest BCUT2D eigenvalue weighted by atomic mass is 9.72. The molecule has 2 aliphatic carbocycles. The molecule has 4 aliphatic rings. The van der Waals surface area contributed by atoms with E-state index in [9.17, 15) is 29.7 Å². The van der Waals surface area contributed by atoms with Gasteiger partial charge in [-0.1, -0.05) is 37.2 Å². The minimum absolute atomic E-state index is 0. The van der Waals surface area contributed by atoms with Gasteiger partial charge < -0.3 is 44.7 Å². The van der Waals surface area contributed by atoms with Crippen molar-refractivity contribution in [3.8, 4) is 0 Å². The summed E-state index contributed by atoms with van der Waals surface area (Å²) in [6.45, 7) is 2.49. The third-order valence-electron chi connectivity index (χ3n) is 10.7. The quantitative estimate of drug-likeness (QED) is 0.108. The van der Waals surface area contributed by atoms with Crippen LogP contribution in [-0.2, 0) is 33.3 Å². The van der Waals surface area contributed by atoms with E-state index in [0.29, 0.717) is 53.6 Å². The van der Waals surface area contributed by atoms with Crippen molar-refractivity contribution in [1.29, 1.82) is 0 Å². The first-order valence-electron chi connectivity index (χ1n) is 17.6. The molecule has 21 heteroatoms. The summed E-state index contributed by atoms with van der Waals surface area (Å²) in [5.41, 5.74) is 5.21. The molecule has 1 aromatic carbocycles. The van der Waals surface area contributed by atoms with Crippen LogP contribution in [0.15, 0.2) is 55.6 Å². The lowest BCUT2D eigenvalue weighted by molar-refractivity contribution is -0.221. The second-order valence-corrected chi connectivity index (χ2v) is 14.2. The number of nitrogen functional groups attached to an aromatic ring is 1. The number of imidazole rings is 2. The maximum absolute atomic E-state index is 12.8. The van der Waals surface area contributed by atoms with Crippen LogP contribution in [0.25, 0.3) is 22.3 Å². The van der Waals surface area contributed by atoms with Gasteiger partial charge >= 0.3 is 17.9 Å². The topological polar surface area (TPSA) is 271 Å². The van der Waals surface area contributed by atoms with Crippen LogP contribution in [0.2, 0.25) is 5.15 Å². The molecule has 10 atom stereocenters. The molecule has 0 amide bonds. The zero-order valence-corrected chi connectivity index (χ0v) is 30.5. The van der Waals surface area contributed by atoms with Crippen LogP contribution in [0.1, 0.15) is 69.8 Å². The van der Waals surface area contributed by atoms with Gasteiger partial charge in [-0.3, -0.25) is 18.7 Å². The van der Waals surface area contributed by atoms with Crippen LogP contribution in [-0.4, -0.2) is 120 Å². The fraction of sp³-hybridized carbons (Fsp3) is 0.472. The van der Waals surface area contributed by atoms with E-state index >= 15 is 0 Å². The van der Waals surface area contributed by atoms with Crippen molar-refractivity contribution in [1.82, 2.24) is 39.0 Å². The number of fused-ring (bicyclic) bond motifs is 2.